The topological polar surface area (TPSA) is 21.3 Å². The van der Waals surface area contributed by atoms with Gasteiger partial charge in [0.25, 0.3) is 0 Å². The molecule has 46 valence electrons. The Morgan fingerprint density at radius 2 is 2.75 bits per heavy atom. The summed E-state index contributed by atoms with van der Waals surface area (Å²) in [6, 6.07) is 0.502. The summed E-state index contributed by atoms with van der Waals surface area (Å²) < 4.78 is 5.05. The van der Waals surface area contributed by atoms with Crippen molar-refractivity contribution in [2.45, 2.75) is 19.4 Å². The molecule has 1 saturated heterocycles. The predicted molar refractivity (Wildman–Crippen MR) is 32.3 cm³/mol. The highest BCUT2D eigenvalue weighted by Crippen LogP contribution is 2.05. The van der Waals surface area contributed by atoms with Crippen LogP contribution in [0.25, 0.3) is 0 Å². The van der Waals surface area contributed by atoms with Crippen molar-refractivity contribution in [2.24, 2.45) is 0 Å². The van der Waals surface area contributed by atoms with Gasteiger partial charge in [0.15, 0.2) is 5.88 Å². The first-order valence-electron chi connectivity index (χ1n) is 2.91. The molecule has 0 aromatic heterocycles. The lowest BCUT2D eigenvalue weighted by atomic mass is 10.3. The van der Waals surface area contributed by atoms with E-state index in [-0.39, 0.29) is 0 Å². The van der Waals surface area contributed by atoms with Crippen molar-refractivity contribution in [1.29, 1.82) is 0 Å². The van der Waals surface area contributed by atoms with Gasteiger partial charge in [-0.2, -0.15) is 0 Å². The van der Waals surface area contributed by atoms with E-state index >= 15 is 0 Å². The van der Waals surface area contributed by atoms with Crippen LogP contribution < -0.4 is 5.32 Å². The molecule has 0 aliphatic carbocycles. The van der Waals surface area contributed by atoms with E-state index in [2.05, 4.69) is 18.8 Å². The van der Waals surface area contributed by atoms with Crippen molar-refractivity contribution in [1.82, 2.24) is 5.32 Å². The molecule has 0 spiro atoms. The maximum atomic E-state index is 5.05. The zero-order valence-electron chi connectivity index (χ0n) is 5.11. The molecule has 0 amide bonds. The Labute approximate surface area is 49.5 Å². The van der Waals surface area contributed by atoms with Crippen molar-refractivity contribution in [2.75, 3.05) is 6.61 Å². The first-order chi connectivity index (χ1) is 3.83. The van der Waals surface area contributed by atoms with Crippen LogP contribution in [-0.2, 0) is 4.74 Å². The maximum Gasteiger partial charge on any atom is 0.179 e. The van der Waals surface area contributed by atoms with Gasteiger partial charge in [0.05, 0.1) is 6.04 Å². The molecule has 8 heavy (non-hydrogen) atoms. The molecule has 1 fully saturated rings. The molecule has 1 aliphatic heterocycles. The van der Waals surface area contributed by atoms with Crippen molar-refractivity contribution in [3.8, 4) is 0 Å². The summed E-state index contributed by atoms with van der Waals surface area (Å²) in [6.07, 6.45) is 1.11. The largest absolute Gasteiger partial charge is 0.478 e. The molecule has 1 rings (SSSR count). The SMILES string of the molecule is C=C1NC(CC)CO1. The minimum Gasteiger partial charge on any atom is -0.478 e. The van der Waals surface area contributed by atoms with Crippen LogP contribution in [0.1, 0.15) is 13.3 Å². The highest BCUT2D eigenvalue weighted by molar-refractivity contribution is 4.89. The van der Waals surface area contributed by atoms with E-state index in [1.54, 1.807) is 0 Å². The van der Waals surface area contributed by atoms with Gasteiger partial charge < -0.3 is 10.1 Å². The first-order valence-corrected chi connectivity index (χ1v) is 2.91. The molecule has 1 unspecified atom stereocenters. The molecule has 2 nitrogen and oxygen atoms in total. The molecule has 0 bridgehead atoms. The lowest BCUT2D eigenvalue weighted by Crippen LogP contribution is -2.20. The van der Waals surface area contributed by atoms with Gasteiger partial charge in [0, 0.05) is 0 Å². The first kappa shape index (κ1) is 5.48. The molecule has 0 aromatic rings. The summed E-state index contributed by atoms with van der Waals surface area (Å²) in [5, 5.41) is 3.09. The van der Waals surface area contributed by atoms with Crippen molar-refractivity contribution >= 4 is 0 Å². The monoisotopic (exact) mass is 113 g/mol. The van der Waals surface area contributed by atoms with E-state index in [1.165, 1.54) is 0 Å². The summed E-state index contributed by atoms with van der Waals surface area (Å²) in [6.45, 7) is 6.53. The molecule has 1 N–H and O–H groups in total. The Hall–Kier alpha value is -0.660. The molecule has 1 atom stereocenters. The molecule has 1 aliphatic rings. The minimum atomic E-state index is 0.502. The van der Waals surface area contributed by atoms with Crippen molar-refractivity contribution < 1.29 is 4.74 Å². The van der Waals surface area contributed by atoms with Gasteiger partial charge in [-0.05, 0) is 13.0 Å². The highest BCUT2D eigenvalue weighted by Gasteiger charge is 2.14. The van der Waals surface area contributed by atoms with Crippen LogP contribution in [0.5, 0.6) is 0 Å². The zero-order chi connectivity index (χ0) is 5.98. The van der Waals surface area contributed by atoms with Crippen molar-refractivity contribution in [3.63, 3.8) is 0 Å². The van der Waals surface area contributed by atoms with E-state index in [0.717, 1.165) is 18.9 Å². The van der Waals surface area contributed by atoms with Gasteiger partial charge in [-0.1, -0.05) is 6.92 Å². The number of ether oxygens (including phenoxy) is 1. The molecular formula is C6H11NO. The number of nitrogens with one attached hydrogen (secondary N) is 1. The molecule has 1 heterocycles. The third-order valence-corrected chi connectivity index (χ3v) is 1.32. The van der Waals surface area contributed by atoms with E-state index in [0.29, 0.717) is 6.04 Å². The molecule has 2 heteroatoms. The minimum absolute atomic E-state index is 0.502. The number of hydrogen-bond acceptors (Lipinski definition) is 2. The van der Waals surface area contributed by atoms with E-state index in [1.807, 2.05) is 0 Å². The highest BCUT2D eigenvalue weighted by atomic mass is 16.5. The fraction of sp³-hybridized carbons (Fsp3) is 0.667. The van der Waals surface area contributed by atoms with Crippen LogP contribution in [0.3, 0.4) is 0 Å². The molecular weight excluding hydrogens is 102 g/mol. The molecule has 0 aromatic carbocycles. The number of rotatable bonds is 1. The Morgan fingerprint density at radius 1 is 2.00 bits per heavy atom. The summed E-state index contributed by atoms with van der Waals surface area (Å²) >= 11 is 0. The summed E-state index contributed by atoms with van der Waals surface area (Å²) in [5.74, 6) is 0.719. The summed E-state index contributed by atoms with van der Waals surface area (Å²) in [5.41, 5.74) is 0. The lowest BCUT2D eigenvalue weighted by Gasteiger charge is -1.99. The molecule has 0 saturated carbocycles. The second-order valence-corrected chi connectivity index (χ2v) is 1.98. The molecule has 0 radical (unpaired) electrons. The average Bonchev–Trinajstić information content (AvgIpc) is 2.14. The number of hydrogen-bond donors (Lipinski definition) is 1. The van der Waals surface area contributed by atoms with Gasteiger partial charge in [-0.15, -0.1) is 0 Å². The second-order valence-electron chi connectivity index (χ2n) is 1.98. The van der Waals surface area contributed by atoms with E-state index < -0.39 is 0 Å². The Bertz CT molecular complexity index is 101. The van der Waals surface area contributed by atoms with Crippen LogP contribution in [0.4, 0.5) is 0 Å². The van der Waals surface area contributed by atoms with Gasteiger partial charge in [0.2, 0.25) is 0 Å². The Kier molecular flexibility index (Phi) is 1.42. The van der Waals surface area contributed by atoms with Crippen LogP contribution in [0.2, 0.25) is 0 Å². The lowest BCUT2D eigenvalue weighted by molar-refractivity contribution is 0.255. The van der Waals surface area contributed by atoms with E-state index in [9.17, 15) is 0 Å². The zero-order valence-corrected chi connectivity index (χ0v) is 5.11. The standard InChI is InChI=1S/C6H11NO/c1-3-6-4-8-5(2)7-6/h6-7H,2-4H2,1H3. The summed E-state index contributed by atoms with van der Waals surface area (Å²) in [4.78, 5) is 0. The smallest absolute Gasteiger partial charge is 0.179 e. The normalized spacial score (nSPS) is 27.1. The second kappa shape index (κ2) is 2.07. The third-order valence-electron chi connectivity index (χ3n) is 1.32. The van der Waals surface area contributed by atoms with Crippen LogP contribution in [0.15, 0.2) is 12.5 Å². The van der Waals surface area contributed by atoms with E-state index in [4.69, 9.17) is 4.74 Å². The van der Waals surface area contributed by atoms with Gasteiger partial charge in [-0.25, -0.2) is 0 Å². The van der Waals surface area contributed by atoms with Crippen molar-refractivity contribution in [3.05, 3.63) is 12.5 Å². The fourth-order valence-corrected chi connectivity index (χ4v) is 0.732. The quantitative estimate of drug-likeness (QED) is 0.544. The Balaban J connectivity index is 2.32. The van der Waals surface area contributed by atoms with Crippen LogP contribution >= 0.6 is 0 Å². The van der Waals surface area contributed by atoms with Crippen LogP contribution in [0, 0.1) is 0 Å². The van der Waals surface area contributed by atoms with Gasteiger partial charge >= 0.3 is 0 Å². The third kappa shape index (κ3) is 0.941. The van der Waals surface area contributed by atoms with Gasteiger partial charge in [0.1, 0.15) is 6.61 Å². The predicted octanol–water partition coefficient (Wildman–Crippen LogP) is 0.856. The maximum absolute atomic E-state index is 5.05. The average molecular weight is 113 g/mol. The van der Waals surface area contributed by atoms with Gasteiger partial charge in [-0.3, -0.25) is 0 Å². The fourth-order valence-electron chi connectivity index (χ4n) is 0.732. The Morgan fingerprint density at radius 3 is 3.00 bits per heavy atom. The summed E-state index contributed by atoms with van der Waals surface area (Å²) in [7, 11) is 0. The van der Waals surface area contributed by atoms with Crippen LogP contribution in [-0.4, -0.2) is 12.6 Å².